The van der Waals surface area contributed by atoms with E-state index >= 15 is 0 Å². The standard InChI is InChI=1S/C10H15N3O3/c1-16-7-3-6-12-9-5-2-4-8(11)10(9)13(14)15/h2,4-5,12H,3,6-7,11H2,1H3. The maximum Gasteiger partial charge on any atom is 0.314 e. The van der Waals surface area contributed by atoms with Gasteiger partial charge in [0.25, 0.3) is 0 Å². The molecule has 0 bridgehead atoms. The van der Waals surface area contributed by atoms with Gasteiger partial charge in [0.2, 0.25) is 0 Å². The van der Waals surface area contributed by atoms with Gasteiger partial charge in [-0.2, -0.15) is 0 Å². The van der Waals surface area contributed by atoms with Gasteiger partial charge in [-0.15, -0.1) is 0 Å². The van der Waals surface area contributed by atoms with E-state index in [0.29, 0.717) is 18.8 Å². The minimum Gasteiger partial charge on any atom is -0.393 e. The Kier molecular flexibility index (Phi) is 4.53. The average Bonchev–Trinajstić information content (AvgIpc) is 2.24. The molecule has 1 rings (SSSR count). The van der Waals surface area contributed by atoms with Crippen molar-refractivity contribution in [3.8, 4) is 0 Å². The van der Waals surface area contributed by atoms with Crippen LogP contribution < -0.4 is 11.1 Å². The first kappa shape index (κ1) is 12.3. The topological polar surface area (TPSA) is 90.4 Å². The molecule has 0 saturated carbocycles. The number of ether oxygens (including phenoxy) is 1. The van der Waals surface area contributed by atoms with Crippen molar-refractivity contribution in [2.24, 2.45) is 0 Å². The van der Waals surface area contributed by atoms with Crippen LogP contribution in [-0.2, 0) is 4.74 Å². The molecule has 88 valence electrons. The van der Waals surface area contributed by atoms with E-state index in [9.17, 15) is 10.1 Å². The lowest BCUT2D eigenvalue weighted by Crippen LogP contribution is -2.07. The first-order chi connectivity index (χ1) is 7.66. The molecule has 6 nitrogen and oxygen atoms in total. The number of nitrogens with two attached hydrogens (primary N) is 1. The van der Waals surface area contributed by atoms with Crippen LogP contribution in [0.5, 0.6) is 0 Å². The molecule has 0 unspecified atom stereocenters. The van der Waals surface area contributed by atoms with Crippen molar-refractivity contribution in [1.82, 2.24) is 0 Å². The number of nitrogens with one attached hydrogen (secondary N) is 1. The molecule has 0 fully saturated rings. The number of nitro groups is 1. The predicted octanol–water partition coefficient (Wildman–Crippen LogP) is 1.63. The van der Waals surface area contributed by atoms with Crippen LogP contribution in [0.4, 0.5) is 17.1 Å². The molecule has 0 amide bonds. The van der Waals surface area contributed by atoms with Crippen LogP contribution >= 0.6 is 0 Å². The summed E-state index contributed by atoms with van der Waals surface area (Å²) in [6, 6.07) is 4.83. The van der Waals surface area contributed by atoms with E-state index in [1.54, 1.807) is 19.2 Å². The van der Waals surface area contributed by atoms with E-state index in [1.807, 2.05) is 0 Å². The molecule has 0 heterocycles. The van der Waals surface area contributed by atoms with E-state index in [2.05, 4.69) is 5.32 Å². The minimum absolute atomic E-state index is 0.0695. The highest BCUT2D eigenvalue weighted by Crippen LogP contribution is 2.30. The highest BCUT2D eigenvalue weighted by Gasteiger charge is 2.16. The predicted molar refractivity (Wildman–Crippen MR) is 62.5 cm³/mol. The van der Waals surface area contributed by atoms with Crippen molar-refractivity contribution in [1.29, 1.82) is 0 Å². The van der Waals surface area contributed by atoms with Gasteiger partial charge in [0.15, 0.2) is 0 Å². The monoisotopic (exact) mass is 225 g/mol. The van der Waals surface area contributed by atoms with Crippen LogP contribution in [0.25, 0.3) is 0 Å². The van der Waals surface area contributed by atoms with Crippen LogP contribution in [-0.4, -0.2) is 25.2 Å². The number of nitro benzene ring substituents is 1. The average molecular weight is 225 g/mol. The maximum absolute atomic E-state index is 10.8. The van der Waals surface area contributed by atoms with E-state index < -0.39 is 4.92 Å². The molecule has 1 aromatic carbocycles. The van der Waals surface area contributed by atoms with Gasteiger partial charge in [-0.3, -0.25) is 10.1 Å². The number of nitrogens with zero attached hydrogens (tertiary/aromatic N) is 1. The summed E-state index contributed by atoms with van der Waals surface area (Å²) in [6.45, 7) is 1.22. The third-order valence-electron chi connectivity index (χ3n) is 2.09. The van der Waals surface area contributed by atoms with E-state index in [4.69, 9.17) is 10.5 Å². The first-order valence-electron chi connectivity index (χ1n) is 4.92. The van der Waals surface area contributed by atoms with Crippen molar-refractivity contribution in [3.05, 3.63) is 28.3 Å². The van der Waals surface area contributed by atoms with Crippen molar-refractivity contribution in [2.75, 3.05) is 31.3 Å². The Hall–Kier alpha value is -1.82. The molecular formula is C10H15N3O3. The van der Waals surface area contributed by atoms with Crippen LogP contribution in [0.2, 0.25) is 0 Å². The number of hydrogen-bond acceptors (Lipinski definition) is 5. The van der Waals surface area contributed by atoms with E-state index in [1.165, 1.54) is 6.07 Å². The number of rotatable bonds is 6. The number of nitrogen functional groups attached to an aromatic ring is 1. The third-order valence-corrected chi connectivity index (χ3v) is 2.09. The number of anilines is 2. The van der Waals surface area contributed by atoms with E-state index in [0.717, 1.165) is 6.42 Å². The molecule has 0 spiro atoms. The zero-order valence-corrected chi connectivity index (χ0v) is 9.10. The van der Waals surface area contributed by atoms with Crippen molar-refractivity contribution in [2.45, 2.75) is 6.42 Å². The first-order valence-corrected chi connectivity index (χ1v) is 4.92. The second kappa shape index (κ2) is 5.92. The SMILES string of the molecule is COCCCNc1cccc(N)c1[N+](=O)[O-]. The smallest absolute Gasteiger partial charge is 0.314 e. The maximum atomic E-state index is 10.8. The molecule has 0 radical (unpaired) electrons. The lowest BCUT2D eigenvalue weighted by atomic mass is 10.2. The van der Waals surface area contributed by atoms with Gasteiger partial charge in [-0.1, -0.05) is 6.07 Å². The highest BCUT2D eigenvalue weighted by molar-refractivity contribution is 5.74. The van der Waals surface area contributed by atoms with Gasteiger partial charge in [-0.05, 0) is 18.6 Å². The summed E-state index contributed by atoms with van der Waals surface area (Å²) in [4.78, 5) is 10.3. The zero-order chi connectivity index (χ0) is 12.0. The molecule has 1 aromatic rings. The summed E-state index contributed by atoms with van der Waals surface area (Å²) in [5.74, 6) is 0. The summed E-state index contributed by atoms with van der Waals surface area (Å²) in [7, 11) is 1.61. The van der Waals surface area contributed by atoms with Crippen LogP contribution in [0.3, 0.4) is 0 Å². The fourth-order valence-corrected chi connectivity index (χ4v) is 1.35. The molecule has 16 heavy (non-hydrogen) atoms. The number of hydrogen-bond donors (Lipinski definition) is 2. The molecule has 0 aromatic heterocycles. The lowest BCUT2D eigenvalue weighted by molar-refractivity contribution is -0.383. The van der Waals surface area contributed by atoms with Crippen LogP contribution in [0.1, 0.15) is 6.42 Å². The fraction of sp³-hybridized carbons (Fsp3) is 0.400. The molecule has 0 aliphatic rings. The zero-order valence-electron chi connectivity index (χ0n) is 9.10. The lowest BCUT2D eigenvalue weighted by Gasteiger charge is -2.07. The quantitative estimate of drug-likeness (QED) is 0.332. The van der Waals surface area contributed by atoms with Crippen molar-refractivity contribution >= 4 is 17.1 Å². The molecular weight excluding hydrogens is 210 g/mol. The van der Waals surface area contributed by atoms with Gasteiger partial charge in [0, 0.05) is 20.3 Å². The van der Waals surface area contributed by atoms with Gasteiger partial charge in [0.1, 0.15) is 11.4 Å². The Morgan fingerprint density at radius 1 is 1.56 bits per heavy atom. The van der Waals surface area contributed by atoms with Gasteiger partial charge in [-0.25, -0.2) is 0 Å². The Balaban J connectivity index is 2.71. The van der Waals surface area contributed by atoms with Crippen LogP contribution in [0, 0.1) is 10.1 Å². The van der Waals surface area contributed by atoms with Crippen molar-refractivity contribution < 1.29 is 9.66 Å². The second-order valence-corrected chi connectivity index (χ2v) is 3.27. The molecule has 0 saturated heterocycles. The van der Waals surface area contributed by atoms with Gasteiger partial charge < -0.3 is 15.8 Å². The molecule has 0 aliphatic carbocycles. The summed E-state index contributed by atoms with van der Waals surface area (Å²) in [5, 5.41) is 13.8. The van der Waals surface area contributed by atoms with E-state index in [-0.39, 0.29) is 11.4 Å². The Labute approximate surface area is 93.5 Å². The Bertz CT molecular complexity index is 368. The van der Waals surface area contributed by atoms with Gasteiger partial charge >= 0.3 is 5.69 Å². The molecule has 0 atom stereocenters. The van der Waals surface area contributed by atoms with Crippen molar-refractivity contribution in [3.63, 3.8) is 0 Å². The fourth-order valence-electron chi connectivity index (χ4n) is 1.35. The minimum atomic E-state index is -0.478. The highest BCUT2D eigenvalue weighted by atomic mass is 16.6. The molecule has 6 heteroatoms. The number of para-hydroxylation sites is 1. The normalized spacial score (nSPS) is 10.1. The summed E-state index contributed by atoms with van der Waals surface area (Å²) < 4.78 is 4.88. The Morgan fingerprint density at radius 3 is 2.94 bits per heavy atom. The largest absolute Gasteiger partial charge is 0.393 e. The third kappa shape index (κ3) is 3.09. The Morgan fingerprint density at radius 2 is 2.31 bits per heavy atom. The summed E-state index contributed by atoms with van der Waals surface area (Å²) in [6.07, 6.45) is 0.780. The molecule has 3 N–H and O–H groups in total. The molecule has 0 aliphatic heterocycles. The second-order valence-electron chi connectivity index (χ2n) is 3.27. The summed E-state index contributed by atoms with van der Waals surface area (Å²) >= 11 is 0. The number of benzene rings is 1. The number of methoxy groups -OCH3 is 1. The summed E-state index contributed by atoms with van der Waals surface area (Å²) in [5.41, 5.74) is 6.09. The van der Waals surface area contributed by atoms with Crippen LogP contribution in [0.15, 0.2) is 18.2 Å². The van der Waals surface area contributed by atoms with Gasteiger partial charge in [0.05, 0.1) is 4.92 Å².